The summed E-state index contributed by atoms with van der Waals surface area (Å²) in [6.45, 7) is 5.10. The Morgan fingerprint density at radius 2 is 2.00 bits per heavy atom. The van der Waals surface area contributed by atoms with Crippen molar-refractivity contribution in [1.82, 2.24) is 4.72 Å². The maximum absolute atomic E-state index is 13.2. The highest BCUT2D eigenvalue weighted by Crippen LogP contribution is 2.17. The minimum atomic E-state index is -4.07. The van der Waals surface area contributed by atoms with Gasteiger partial charge in [0.1, 0.15) is 11.9 Å². The summed E-state index contributed by atoms with van der Waals surface area (Å²) in [7, 11) is -4.07. The molecule has 112 valence electrons. The van der Waals surface area contributed by atoms with Gasteiger partial charge in [-0.05, 0) is 37.0 Å². The van der Waals surface area contributed by atoms with E-state index in [2.05, 4.69) is 4.72 Å². The third kappa shape index (κ3) is 4.28. The number of rotatable bonds is 6. The van der Waals surface area contributed by atoms with Gasteiger partial charge in [0.2, 0.25) is 10.0 Å². The number of nitrogens with one attached hydrogen (secondary N) is 1. The summed E-state index contributed by atoms with van der Waals surface area (Å²) >= 11 is 0. The Morgan fingerprint density at radius 1 is 1.40 bits per heavy atom. The van der Waals surface area contributed by atoms with Gasteiger partial charge < -0.3 is 5.11 Å². The van der Waals surface area contributed by atoms with E-state index in [4.69, 9.17) is 5.11 Å². The van der Waals surface area contributed by atoms with Gasteiger partial charge in [-0.1, -0.05) is 19.9 Å². The average Bonchev–Trinajstić information content (AvgIpc) is 2.30. The van der Waals surface area contributed by atoms with Gasteiger partial charge >= 0.3 is 5.97 Å². The van der Waals surface area contributed by atoms with Crippen molar-refractivity contribution in [2.24, 2.45) is 5.92 Å². The van der Waals surface area contributed by atoms with Crippen molar-refractivity contribution in [1.29, 1.82) is 0 Å². The van der Waals surface area contributed by atoms with Gasteiger partial charge in [0.05, 0.1) is 4.90 Å². The molecule has 0 unspecified atom stereocenters. The number of aryl methyl sites for hydroxylation is 1. The highest BCUT2D eigenvalue weighted by molar-refractivity contribution is 7.89. The molecule has 0 saturated heterocycles. The maximum atomic E-state index is 13.2. The van der Waals surface area contributed by atoms with Crippen LogP contribution >= 0.6 is 0 Å². The predicted molar refractivity (Wildman–Crippen MR) is 72.3 cm³/mol. The van der Waals surface area contributed by atoms with E-state index in [-0.39, 0.29) is 17.2 Å². The Bertz CT molecular complexity index is 598. The molecule has 5 nitrogen and oxygen atoms in total. The second-order valence-corrected chi connectivity index (χ2v) is 6.73. The second-order valence-electron chi connectivity index (χ2n) is 5.05. The lowest BCUT2D eigenvalue weighted by atomic mass is 10.1. The Kier molecular flexibility index (Phi) is 5.24. The van der Waals surface area contributed by atoms with E-state index in [9.17, 15) is 17.6 Å². The monoisotopic (exact) mass is 303 g/mol. The molecule has 1 atom stereocenters. The van der Waals surface area contributed by atoms with Crippen LogP contribution in [0.1, 0.15) is 25.8 Å². The van der Waals surface area contributed by atoms with Crippen LogP contribution < -0.4 is 4.72 Å². The summed E-state index contributed by atoms with van der Waals surface area (Å²) in [4.78, 5) is 10.9. The topological polar surface area (TPSA) is 83.5 Å². The van der Waals surface area contributed by atoms with Crippen molar-refractivity contribution in [3.8, 4) is 0 Å². The number of sulfonamides is 1. The quantitative estimate of drug-likeness (QED) is 0.841. The van der Waals surface area contributed by atoms with Crippen molar-refractivity contribution in [2.45, 2.75) is 38.1 Å². The number of carboxylic acid groups (broad SMARTS) is 1. The van der Waals surface area contributed by atoms with Crippen LogP contribution in [0.4, 0.5) is 4.39 Å². The first kappa shape index (κ1) is 16.6. The lowest BCUT2D eigenvalue weighted by Crippen LogP contribution is -2.41. The zero-order valence-electron chi connectivity index (χ0n) is 11.6. The van der Waals surface area contributed by atoms with Gasteiger partial charge in [-0.25, -0.2) is 12.8 Å². The third-order valence-electron chi connectivity index (χ3n) is 2.74. The number of hydrogen-bond acceptors (Lipinski definition) is 3. The average molecular weight is 303 g/mol. The standard InChI is InChI=1S/C13H18FNO4S/c1-8(2)6-11(13(16)17)15-20(18,19)12-7-10(14)5-4-9(12)3/h4-5,7-8,11,15H,6H2,1-3H3,(H,16,17)/t11-/m1/s1. The molecule has 0 aromatic heterocycles. The van der Waals surface area contributed by atoms with Gasteiger partial charge in [0.15, 0.2) is 0 Å². The van der Waals surface area contributed by atoms with Crippen LogP contribution in [0.15, 0.2) is 23.1 Å². The minimum Gasteiger partial charge on any atom is -0.480 e. The molecule has 0 saturated carbocycles. The van der Waals surface area contributed by atoms with Crippen LogP contribution in [0.3, 0.4) is 0 Å². The van der Waals surface area contributed by atoms with E-state index in [0.717, 1.165) is 12.1 Å². The summed E-state index contributed by atoms with van der Waals surface area (Å²) in [5, 5.41) is 9.06. The fourth-order valence-corrected chi connectivity index (χ4v) is 3.24. The zero-order chi connectivity index (χ0) is 15.5. The van der Waals surface area contributed by atoms with Gasteiger partial charge in [0.25, 0.3) is 0 Å². The molecule has 0 heterocycles. The van der Waals surface area contributed by atoms with E-state index < -0.39 is 27.9 Å². The summed E-state index contributed by atoms with van der Waals surface area (Å²) < 4.78 is 39.6. The molecular formula is C13H18FNO4S. The Morgan fingerprint density at radius 3 is 2.50 bits per heavy atom. The number of carboxylic acids is 1. The molecule has 0 spiro atoms. The molecular weight excluding hydrogens is 285 g/mol. The van der Waals surface area contributed by atoms with Crippen molar-refractivity contribution in [3.05, 3.63) is 29.6 Å². The Hall–Kier alpha value is -1.47. The molecule has 7 heteroatoms. The van der Waals surface area contributed by atoms with E-state index in [1.165, 1.54) is 13.0 Å². The Balaban J connectivity index is 3.09. The molecule has 0 aliphatic heterocycles. The number of aliphatic carboxylic acids is 1. The van der Waals surface area contributed by atoms with Crippen LogP contribution in [0.25, 0.3) is 0 Å². The minimum absolute atomic E-state index is 0.00686. The molecule has 0 amide bonds. The summed E-state index contributed by atoms with van der Waals surface area (Å²) in [6.07, 6.45) is 0.156. The van der Waals surface area contributed by atoms with Gasteiger partial charge in [-0.15, -0.1) is 0 Å². The van der Waals surface area contributed by atoms with Crippen LogP contribution in [0.2, 0.25) is 0 Å². The molecule has 1 rings (SSSR count). The first-order valence-electron chi connectivity index (χ1n) is 6.14. The van der Waals surface area contributed by atoms with Gasteiger partial charge in [-0.2, -0.15) is 4.72 Å². The van der Waals surface area contributed by atoms with Crippen LogP contribution in [0, 0.1) is 18.7 Å². The first-order chi connectivity index (χ1) is 9.13. The summed E-state index contributed by atoms with van der Waals surface area (Å²) in [5.74, 6) is -1.93. The van der Waals surface area contributed by atoms with Crippen LogP contribution in [-0.2, 0) is 14.8 Å². The van der Waals surface area contributed by atoms with Crippen molar-refractivity contribution in [2.75, 3.05) is 0 Å². The molecule has 20 heavy (non-hydrogen) atoms. The second kappa shape index (κ2) is 6.32. The number of halogens is 1. The third-order valence-corrected chi connectivity index (χ3v) is 4.36. The largest absolute Gasteiger partial charge is 0.480 e. The lowest BCUT2D eigenvalue weighted by Gasteiger charge is -2.17. The van der Waals surface area contributed by atoms with Crippen LogP contribution in [-0.4, -0.2) is 25.5 Å². The molecule has 0 bridgehead atoms. The number of benzene rings is 1. The van der Waals surface area contributed by atoms with E-state index in [1.54, 1.807) is 13.8 Å². The smallest absolute Gasteiger partial charge is 0.321 e. The van der Waals surface area contributed by atoms with Crippen molar-refractivity contribution < 1.29 is 22.7 Å². The fraction of sp³-hybridized carbons (Fsp3) is 0.462. The summed E-state index contributed by atoms with van der Waals surface area (Å²) in [6, 6.07) is 2.13. The number of carbonyl (C=O) groups is 1. The molecule has 0 aliphatic rings. The number of hydrogen-bond donors (Lipinski definition) is 2. The molecule has 1 aromatic rings. The first-order valence-corrected chi connectivity index (χ1v) is 7.63. The van der Waals surface area contributed by atoms with Crippen molar-refractivity contribution in [3.63, 3.8) is 0 Å². The fourth-order valence-electron chi connectivity index (χ4n) is 1.78. The highest BCUT2D eigenvalue weighted by Gasteiger charge is 2.27. The van der Waals surface area contributed by atoms with Crippen molar-refractivity contribution >= 4 is 16.0 Å². The molecule has 0 aliphatic carbocycles. The SMILES string of the molecule is Cc1ccc(F)cc1S(=O)(=O)N[C@H](CC(C)C)C(=O)O. The Labute approximate surface area is 117 Å². The van der Waals surface area contributed by atoms with Gasteiger partial charge in [-0.3, -0.25) is 4.79 Å². The molecule has 0 fully saturated rings. The van der Waals surface area contributed by atoms with E-state index in [1.807, 2.05) is 0 Å². The lowest BCUT2D eigenvalue weighted by molar-refractivity contribution is -0.139. The zero-order valence-corrected chi connectivity index (χ0v) is 12.4. The summed E-state index contributed by atoms with van der Waals surface area (Å²) in [5.41, 5.74) is 0.354. The molecule has 1 aromatic carbocycles. The normalized spacial score (nSPS) is 13.4. The molecule has 2 N–H and O–H groups in total. The maximum Gasteiger partial charge on any atom is 0.321 e. The molecule has 0 radical (unpaired) electrons. The van der Waals surface area contributed by atoms with E-state index in [0.29, 0.717) is 5.56 Å². The van der Waals surface area contributed by atoms with Crippen LogP contribution in [0.5, 0.6) is 0 Å². The highest BCUT2D eigenvalue weighted by atomic mass is 32.2. The van der Waals surface area contributed by atoms with E-state index >= 15 is 0 Å². The van der Waals surface area contributed by atoms with Gasteiger partial charge in [0, 0.05) is 0 Å². The predicted octanol–water partition coefficient (Wildman–Crippen LogP) is 1.91.